The lowest BCUT2D eigenvalue weighted by Crippen LogP contribution is -2.37. The molecule has 0 radical (unpaired) electrons. The topological polar surface area (TPSA) is 32.3 Å². The van der Waals surface area contributed by atoms with Gasteiger partial charge in [-0.25, -0.2) is 0 Å². The second-order valence-corrected chi connectivity index (χ2v) is 5.61. The fourth-order valence-corrected chi connectivity index (χ4v) is 3.13. The van der Waals surface area contributed by atoms with Crippen LogP contribution in [0.1, 0.15) is 29.1 Å². The highest BCUT2D eigenvalue weighted by molar-refractivity contribution is 7.12. The van der Waals surface area contributed by atoms with Gasteiger partial charge in [0.15, 0.2) is 0 Å². The molecule has 1 aromatic heterocycles. The summed E-state index contributed by atoms with van der Waals surface area (Å²) in [5, 5.41) is 3.07. The molecule has 0 aromatic carbocycles. The van der Waals surface area contributed by atoms with E-state index in [2.05, 4.69) is 31.3 Å². The van der Waals surface area contributed by atoms with Crippen molar-refractivity contribution in [1.29, 1.82) is 0 Å². The lowest BCUT2D eigenvalue weighted by molar-refractivity contribution is -0.131. The van der Waals surface area contributed by atoms with Crippen LogP contribution in [0.4, 0.5) is 0 Å². The largest absolute Gasteiger partial charge is 0.334 e. The molecule has 88 valence electrons. The van der Waals surface area contributed by atoms with E-state index in [0.29, 0.717) is 0 Å². The summed E-state index contributed by atoms with van der Waals surface area (Å²) in [7, 11) is 1.85. The van der Waals surface area contributed by atoms with E-state index in [1.54, 1.807) is 11.3 Å². The van der Waals surface area contributed by atoms with E-state index in [-0.39, 0.29) is 18.0 Å². The Kier molecular flexibility index (Phi) is 3.30. The van der Waals surface area contributed by atoms with Crippen LogP contribution in [-0.4, -0.2) is 30.4 Å². The molecule has 1 aliphatic heterocycles. The molecule has 4 heteroatoms. The number of thiophene rings is 1. The molecule has 2 rings (SSSR count). The van der Waals surface area contributed by atoms with Crippen molar-refractivity contribution in [2.45, 2.75) is 32.4 Å². The van der Waals surface area contributed by atoms with Crippen LogP contribution in [0.2, 0.25) is 0 Å². The first-order valence-electron chi connectivity index (χ1n) is 5.67. The van der Waals surface area contributed by atoms with Crippen molar-refractivity contribution in [2.75, 3.05) is 13.6 Å². The molecule has 2 heterocycles. The molecular weight excluding hydrogens is 220 g/mol. The number of carbonyl (C=O) groups excluding carboxylic acids is 1. The third-order valence-corrected chi connectivity index (χ3v) is 4.40. The Balaban J connectivity index is 2.11. The average molecular weight is 238 g/mol. The molecule has 1 amide bonds. The average Bonchev–Trinajstić information content (AvgIpc) is 2.84. The lowest BCUT2D eigenvalue weighted by Gasteiger charge is -2.23. The van der Waals surface area contributed by atoms with Crippen molar-refractivity contribution >= 4 is 17.2 Å². The number of carbonyl (C=O) groups is 1. The van der Waals surface area contributed by atoms with Gasteiger partial charge in [-0.15, -0.1) is 11.3 Å². The molecule has 1 fully saturated rings. The Labute approximate surface area is 100 Å². The van der Waals surface area contributed by atoms with Crippen molar-refractivity contribution in [3.05, 3.63) is 21.9 Å². The van der Waals surface area contributed by atoms with E-state index in [1.165, 1.54) is 9.75 Å². The molecule has 0 spiro atoms. The van der Waals surface area contributed by atoms with Gasteiger partial charge in [-0.2, -0.15) is 0 Å². The van der Waals surface area contributed by atoms with Crippen molar-refractivity contribution in [2.24, 2.45) is 0 Å². The smallest absolute Gasteiger partial charge is 0.240 e. The van der Waals surface area contributed by atoms with Gasteiger partial charge in [0.2, 0.25) is 5.91 Å². The van der Waals surface area contributed by atoms with Gasteiger partial charge in [-0.1, -0.05) is 0 Å². The monoisotopic (exact) mass is 238 g/mol. The maximum Gasteiger partial charge on any atom is 0.240 e. The SMILES string of the molecule is CNC1CCN(C(C)c2ccc(C)s2)C1=O. The number of hydrogen-bond acceptors (Lipinski definition) is 3. The zero-order valence-electron chi connectivity index (χ0n) is 9.99. The number of nitrogens with one attached hydrogen (secondary N) is 1. The third-order valence-electron chi connectivity index (χ3n) is 3.23. The standard InChI is InChI=1S/C12H18N2OS/c1-8-4-5-11(16-8)9(2)14-7-6-10(13-3)12(14)15/h4-5,9-10,13H,6-7H2,1-3H3. The fraction of sp³-hybridized carbons (Fsp3) is 0.583. The minimum absolute atomic E-state index is 0.0171. The predicted molar refractivity (Wildman–Crippen MR) is 66.6 cm³/mol. The number of hydrogen-bond donors (Lipinski definition) is 1. The number of nitrogens with zero attached hydrogens (tertiary/aromatic N) is 1. The van der Waals surface area contributed by atoms with E-state index in [4.69, 9.17) is 0 Å². The van der Waals surface area contributed by atoms with Gasteiger partial charge in [0, 0.05) is 16.3 Å². The molecular formula is C12H18N2OS. The molecule has 1 aromatic rings. The second kappa shape index (κ2) is 4.55. The molecule has 1 aliphatic rings. The summed E-state index contributed by atoms with van der Waals surface area (Å²) in [6.07, 6.45) is 0.921. The molecule has 0 bridgehead atoms. The van der Waals surface area contributed by atoms with Gasteiger partial charge >= 0.3 is 0 Å². The summed E-state index contributed by atoms with van der Waals surface area (Å²) in [6.45, 7) is 5.08. The van der Waals surface area contributed by atoms with Gasteiger partial charge < -0.3 is 10.2 Å². The van der Waals surface area contributed by atoms with E-state index in [9.17, 15) is 4.79 Å². The first-order chi connectivity index (χ1) is 7.63. The zero-order valence-corrected chi connectivity index (χ0v) is 10.8. The van der Waals surface area contributed by atoms with E-state index in [0.717, 1.165) is 13.0 Å². The Hall–Kier alpha value is -0.870. The summed E-state index contributed by atoms with van der Waals surface area (Å²) < 4.78 is 0. The minimum Gasteiger partial charge on any atom is -0.334 e. The highest BCUT2D eigenvalue weighted by atomic mass is 32.1. The molecule has 16 heavy (non-hydrogen) atoms. The third kappa shape index (κ3) is 1.99. The highest BCUT2D eigenvalue weighted by Gasteiger charge is 2.33. The van der Waals surface area contributed by atoms with Gasteiger partial charge in [0.1, 0.15) is 0 Å². The zero-order chi connectivity index (χ0) is 11.7. The Bertz CT molecular complexity index is 388. The predicted octanol–water partition coefficient (Wildman–Crippen LogP) is 1.94. The normalized spacial score (nSPS) is 22.8. The summed E-state index contributed by atoms with van der Waals surface area (Å²) >= 11 is 1.78. The van der Waals surface area contributed by atoms with Crippen LogP contribution in [0.3, 0.4) is 0 Å². The van der Waals surface area contributed by atoms with Crippen LogP contribution >= 0.6 is 11.3 Å². The van der Waals surface area contributed by atoms with Crippen molar-refractivity contribution in [3.8, 4) is 0 Å². The van der Waals surface area contributed by atoms with Gasteiger partial charge in [-0.3, -0.25) is 4.79 Å². The van der Waals surface area contributed by atoms with Crippen molar-refractivity contribution in [3.63, 3.8) is 0 Å². The number of likely N-dealkylation sites (N-methyl/N-ethyl adjacent to an activating group) is 1. The van der Waals surface area contributed by atoms with Crippen LogP contribution in [0.5, 0.6) is 0 Å². The number of aryl methyl sites for hydroxylation is 1. The van der Waals surface area contributed by atoms with Crippen LogP contribution in [-0.2, 0) is 4.79 Å². The lowest BCUT2D eigenvalue weighted by atomic mass is 10.2. The van der Waals surface area contributed by atoms with Crippen molar-refractivity contribution < 1.29 is 4.79 Å². The number of likely N-dealkylation sites (tertiary alicyclic amines) is 1. The maximum atomic E-state index is 12.0. The van der Waals surface area contributed by atoms with Crippen molar-refractivity contribution in [1.82, 2.24) is 10.2 Å². The summed E-state index contributed by atoms with van der Waals surface area (Å²) in [6, 6.07) is 4.48. The van der Waals surface area contributed by atoms with E-state index in [1.807, 2.05) is 11.9 Å². The molecule has 1 N–H and O–H groups in total. The van der Waals surface area contributed by atoms with Crippen LogP contribution < -0.4 is 5.32 Å². The first kappa shape index (κ1) is 11.6. The molecule has 1 saturated heterocycles. The van der Waals surface area contributed by atoms with Crippen LogP contribution in [0, 0.1) is 6.92 Å². The first-order valence-corrected chi connectivity index (χ1v) is 6.49. The summed E-state index contributed by atoms with van der Waals surface area (Å²) in [5.41, 5.74) is 0. The number of amides is 1. The summed E-state index contributed by atoms with van der Waals surface area (Å²) in [4.78, 5) is 16.6. The molecule has 2 unspecified atom stereocenters. The quantitative estimate of drug-likeness (QED) is 0.873. The van der Waals surface area contributed by atoms with E-state index < -0.39 is 0 Å². The maximum absolute atomic E-state index is 12.0. The Morgan fingerprint density at radius 3 is 2.81 bits per heavy atom. The molecule has 0 saturated carbocycles. The minimum atomic E-state index is 0.0171. The van der Waals surface area contributed by atoms with Crippen LogP contribution in [0.25, 0.3) is 0 Å². The Morgan fingerprint density at radius 1 is 1.56 bits per heavy atom. The van der Waals surface area contributed by atoms with Gasteiger partial charge in [0.05, 0.1) is 12.1 Å². The van der Waals surface area contributed by atoms with Crippen LogP contribution in [0.15, 0.2) is 12.1 Å². The summed E-state index contributed by atoms with van der Waals surface area (Å²) in [5.74, 6) is 0.237. The highest BCUT2D eigenvalue weighted by Crippen LogP contribution is 2.30. The Morgan fingerprint density at radius 2 is 2.31 bits per heavy atom. The molecule has 0 aliphatic carbocycles. The second-order valence-electron chi connectivity index (χ2n) is 4.29. The fourth-order valence-electron chi connectivity index (χ4n) is 2.19. The molecule has 2 atom stereocenters. The van der Waals surface area contributed by atoms with Gasteiger partial charge in [0.25, 0.3) is 0 Å². The van der Waals surface area contributed by atoms with E-state index >= 15 is 0 Å². The number of rotatable bonds is 3. The molecule has 3 nitrogen and oxygen atoms in total. The van der Waals surface area contributed by atoms with Gasteiger partial charge in [-0.05, 0) is 39.4 Å².